The Morgan fingerprint density at radius 2 is 2.03 bits per heavy atom. The van der Waals surface area contributed by atoms with Crippen molar-refractivity contribution in [1.82, 2.24) is 9.88 Å². The second-order valence-electron chi connectivity index (χ2n) is 7.60. The largest absolute Gasteiger partial charge is 0.464 e. The molecule has 5 rings (SSSR count). The minimum absolute atomic E-state index is 0.0460. The number of ether oxygens (including phenoxy) is 2. The molecule has 0 spiro atoms. The van der Waals surface area contributed by atoms with Crippen molar-refractivity contribution >= 4 is 43.9 Å². The smallest absolute Gasteiger partial charge is 0.355 e. The molecule has 0 fully saturated rings. The molecule has 2 aromatic heterocycles. The number of fused-ring (bicyclic) bond motifs is 3. The number of allylic oxidation sites excluding steroid dienone is 2. The number of dihydropyridines is 1. The summed E-state index contributed by atoms with van der Waals surface area (Å²) in [5, 5.41) is 6.99. The number of aromatic nitrogens is 1. The molecular formula is C25H20F2N2O3S. The first kappa shape index (κ1) is 21.4. The molecule has 0 amide bonds. The number of carbonyl (C=O) groups is 1. The minimum atomic E-state index is -0.576. The third kappa shape index (κ3) is 3.51. The quantitative estimate of drug-likeness (QED) is 0.398. The predicted molar refractivity (Wildman–Crippen MR) is 125 cm³/mol. The van der Waals surface area contributed by atoms with Gasteiger partial charge in [-0.05, 0) is 53.4 Å². The van der Waals surface area contributed by atoms with E-state index in [0.29, 0.717) is 11.1 Å². The van der Waals surface area contributed by atoms with Crippen LogP contribution in [0.5, 0.6) is 0 Å². The van der Waals surface area contributed by atoms with Gasteiger partial charge >= 0.3 is 5.97 Å². The van der Waals surface area contributed by atoms with Crippen molar-refractivity contribution in [2.24, 2.45) is 0 Å². The number of benzene rings is 2. The Kier molecular flexibility index (Phi) is 5.47. The first-order chi connectivity index (χ1) is 16.0. The summed E-state index contributed by atoms with van der Waals surface area (Å²) in [4.78, 5) is 13.2. The van der Waals surface area contributed by atoms with Crippen LogP contribution in [0.4, 0.5) is 8.78 Å². The van der Waals surface area contributed by atoms with Gasteiger partial charge in [0.1, 0.15) is 17.3 Å². The Labute approximate surface area is 192 Å². The molecule has 1 atom stereocenters. The van der Waals surface area contributed by atoms with Crippen LogP contribution in [0.25, 0.3) is 26.6 Å². The van der Waals surface area contributed by atoms with Crippen LogP contribution < -0.4 is 5.32 Å². The lowest BCUT2D eigenvalue weighted by atomic mass is 9.98. The molecule has 3 heterocycles. The Morgan fingerprint density at radius 1 is 1.18 bits per heavy atom. The van der Waals surface area contributed by atoms with E-state index in [-0.39, 0.29) is 17.8 Å². The number of esters is 1. The highest BCUT2D eigenvalue weighted by molar-refractivity contribution is 7.18. The molecule has 1 N–H and O–H groups in total. The molecule has 4 aromatic rings. The molecule has 1 unspecified atom stereocenters. The van der Waals surface area contributed by atoms with E-state index in [1.807, 2.05) is 35.7 Å². The van der Waals surface area contributed by atoms with Gasteiger partial charge in [-0.25, -0.2) is 13.6 Å². The molecule has 33 heavy (non-hydrogen) atoms. The van der Waals surface area contributed by atoms with Crippen molar-refractivity contribution in [2.45, 2.75) is 12.8 Å². The van der Waals surface area contributed by atoms with Gasteiger partial charge in [-0.15, -0.1) is 11.3 Å². The first-order valence-corrected chi connectivity index (χ1v) is 11.1. The van der Waals surface area contributed by atoms with Gasteiger partial charge in [-0.2, -0.15) is 0 Å². The van der Waals surface area contributed by atoms with Crippen molar-refractivity contribution in [1.29, 1.82) is 0 Å². The fourth-order valence-corrected chi connectivity index (χ4v) is 5.28. The summed E-state index contributed by atoms with van der Waals surface area (Å²) >= 11 is 1.55. The van der Waals surface area contributed by atoms with Crippen LogP contribution in [-0.4, -0.2) is 31.0 Å². The zero-order valence-corrected chi connectivity index (χ0v) is 18.7. The van der Waals surface area contributed by atoms with E-state index in [2.05, 4.69) is 5.32 Å². The van der Waals surface area contributed by atoms with E-state index < -0.39 is 23.8 Å². The Hall–Kier alpha value is -3.49. The number of nitrogens with one attached hydrogen (secondary N) is 1. The number of rotatable bonds is 5. The topological polar surface area (TPSA) is 52.5 Å². The summed E-state index contributed by atoms with van der Waals surface area (Å²) in [6.45, 7) is -0.0460. The van der Waals surface area contributed by atoms with Gasteiger partial charge in [0.15, 0.2) is 6.23 Å². The van der Waals surface area contributed by atoms with Gasteiger partial charge in [-0.1, -0.05) is 12.1 Å². The number of hydrogen-bond donors (Lipinski definition) is 1. The van der Waals surface area contributed by atoms with Crippen LogP contribution in [0.3, 0.4) is 0 Å². The van der Waals surface area contributed by atoms with Gasteiger partial charge in [-0.3, -0.25) is 0 Å². The van der Waals surface area contributed by atoms with Crippen molar-refractivity contribution < 1.29 is 23.0 Å². The molecule has 2 aromatic carbocycles. The molecular weight excluding hydrogens is 446 g/mol. The molecule has 8 heteroatoms. The number of carbonyl (C=O) groups excluding carboxylic acids is 1. The summed E-state index contributed by atoms with van der Waals surface area (Å²) in [5.41, 5.74) is 2.49. The highest BCUT2D eigenvalue weighted by Crippen LogP contribution is 2.41. The standard InChI is InChI=1S/C25H20F2N2O3S/c1-31-24-17(4-3-10-28-24)20-21-19(8-5-14-9-11-33-23(14)21)29(22(20)25(30)32-2)13-15-12-16(26)6-7-18(15)27/h3-12,24,28H,13H2,1-2H3. The van der Waals surface area contributed by atoms with E-state index in [4.69, 9.17) is 9.47 Å². The molecule has 0 radical (unpaired) electrons. The van der Waals surface area contributed by atoms with Gasteiger partial charge in [0.25, 0.3) is 0 Å². The molecule has 5 nitrogen and oxygen atoms in total. The fraction of sp³-hybridized carbons (Fsp3) is 0.160. The maximum absolute atomic E-state index is 14.6. The Balaban J connectivity index is 1.89. The highest BCUT2D eigenvalue weighted by Gasteiger charge is 2.31. The van der Waals surface area contributed by atoms with Gasteiger partial charge < -0.3 is 19.4 Å². The summed E-state index contributed by atoms with van der Waals surface area (Å²) < 4.78 is 42.0. The molecule has 0 aliphatic carbocycles. The predicted octanol–water partition coefficient (Wildman–Crippen LogP) is 5.44. The van der Waals surface area contributed by atoms with E-state index in [0.717, 1.165) is 39.2 Å². The van der Waals surface area contributed by atoms with Gasteiger partial charge in [0, 0.05) is 33.9 Å². The van der Waals surface area contributed by atoms with Crippen LogP contribution in [0.15, 0.2) is 60.1 Å². The van der Waals surface area contributed by atoms with Crippen LogP contribution in [0, 0.1) is 11.6 Å². The molecule has 0 saturated carbocycles. The number of hydrogen-bond acceptors (Lipinski definition) is 5. The van der Waals surface area contributed by atoms with E-state index in [1.54, 1.807) is 29.2 Å². The SMILES string of the molecule is COC(=O)c1c(C2=CC=CNC2OC)c2c3sccc3ccc2n1Cc1cc(F)ccc1F. The van der Waals surface area contributed by atoms with Crippen molar-refractivity contribution in [3.05, 3.63) is 88.6 Å². The first-order valence-electron chi connectivity index (χ1n) is 10.2. The number of nitrogens with zero attached hydrogens (tertiary/aromatic N) is 1. The van der Waals surface area contributed by atoms with Crippen molar-refractivity contribution in [3.8, 4) is 0 Å². The summed E-state index contributed by atoms with van der Waals surface area (Å²) in [6, 6.07) is 9.17. The zero-order valence-electron chi connectivity index (χ0n) is 17.9. The van der Waals surface area contributed by atoms with Crippen LogP contribution in [0.2, 0.25) is 0 Å². The van der Waals surface area contributed by atoms with E-state index in [1.165, 1.54) is 7.11 Å². The normalized spacial score (nSPS) is 15.6. The number of methoxy groups -OCH3 is 2. The molecule has 1 aliphatic heterocycles. The molecule has 1 aliphatic rings. The van der Waals surface area contributed by atoms with Crippen LogP contribution in [0.1, 0.15) is 21.6 Å². The lowest BCUT2D eigenvalue weighted by Crippen LogP contribution is -2.30. The second-order valence-corrected chi connectivity index (χ2v) is 8.52. The van der Waals surface area contributed by atoms with Crippen LogP contribution >= 0.6 is 11.3 Å². The number of thiophene rings is 1. The highest BCUT2D eigenvalue weighted by atomic mass is 32.1. The maximum atomic E-state index is 14.6. The fourth-order valence-electron chi connectivity index (χ4n) is 4.33. The van der Waals surface area contributed by atoms with Gasteiger partial charge in [0.05, 0.1) is 19.2 Å². The lowest BCUT2D eigenvalue weighted by molar-refractivity contribution is 0.0588. The monoisotopic (exact) mass is 466 g/mol. The third-order valence-corrected chi connectivity index (χ3v) is 6.74. The van der Waals surface area contributed by atoms with Crippen LogP contribution in [-0.2, 0) is 16.0 Å². The van der Waals surface area contributed by atoms with E-state index >= 15 is 0 Å². The van der Waals surface area contributed by atoms with Gasteiger partial charge in [0.2, 0.25) is 0 Å². The Bertz CT molecular complexity index is 1450. The second kappa shape index (κ2) is 8.46. The maximum Gasteiger partial charge on any atom is 0.355 e. The number of halogens is 2. The third-order valence-electron chi connectivity index (χ3n) is 5.79. The summed E-state index contributed by atoms with van der Waals surface area (Å²) in [6.07, 6.45) is 4.97. The summed E-state index contributed by atoms with van der Waals surface area (Å²) in [5.74, 6) is -1.68. The Morgan fingerprint density at radius 3 is 2.82 bits per heavy atom. The molecule has 0 saturated heterocycles. The average Bonchev–Trinajstić information content (AvgIpc) is 3.43. The zero-order chi connectivity index (χ0) is 23.1. The summed E-state index contributed by atoms with van der Waals surface area (Å²) in [7, 11) is 2.88. The van der Waals surface area contributed by atoms with Crippen molar-refractivity contribution in [2.75, 3.05) is 14.2 Å². The van der Waals surface area contributed by atoms with Crippen molar-refractivity contribution in [3.63, 3.8) is 0 Å². The minimum Gasteiger partial charge on any atom is -0.464 e. The molecule has 168 valence electrons. The van der Waals surface area contributed by atoms with E-state index in [9.17, 15) is 13.6 Å². The molecule has 0 bridgehead atoms. The average molecular weight is 467 g/mol. The lowest BCUT2D eigenvalue weighted by Gasteiger charge is -2.23.